The highest BCUT2D eigenvalue weighted by Crippen LogP contribution is 2.25. The summed E-state index contributed by atoms with van der Waals surface area (Å²) in [5.41, 5.74) is 2.92. The number of aromatic nitrogens is 1. The first-order valence-electron chi connectivity index (χ1n) is 11.0. The third kappa shape index (κ3) is 6.02. The molecule has 1 aliphatic rings. The molecule has 3 rings (SSSR count). The molecule has 0 saturated carbocycles. The number of carbonyl (C=O) groups is 2. The summed E-state index contributed by atoms with van der Waals surface area (Å²) in [4.78, 5) is 34.2. The van der Waals surface area contributed by atoms with Gasteiger partial charge >= 0.3 is 5.97 Å². The second-order valence-electron chi connectivity index (χ2n) is 9.15. The molecule has 1 N–H and O–H groups in total. The standard InChI is InChI=1S/C24H34N4O3/c1-6-31-23(30)22-17(2)18-9-7-8-10-19(18)25-20(22)15-27-11-13-28(14-12-27)16-21(29)26-24(3,4)5/h7-10H,6,11-16H2,1-5H3,(H,26,29). The topological polar surface area (TPSA) is 74.8 Å². The van der Waals surface area contributed by atoms with E-state index in [9.17, 15) is 9.59 Å². The van der Waals surface area contributed by atoms with Gasteiger partial charge in [0, 0.05) is 43.6 Å². The number of amides is 1. The Morgan fingerprint density at radius 1 is 1.10 bits per heavy atom. The van der Waals surface area contributed by atoms with Crippen LogP contribution in [0.5, 0.6) is 0 Å². The number of aryl methyl sites for hydroxylation is 1. The van der Waals surface area contributed by atoms with Gasteiger partial charge in [0.25, 0.3) is 0 Å². The Bertz CT molecular complexity index is 944. The first kappa shape index (κ1) is 23.2. The molecule has 2 heterocycles. The fourth-order valence-electron chi connectivity index (χ4n) is 4.01. The normalized spacial score (nSPS) is 15.8. The summed E-state index contributed by atoms with van der Waals surface area (Å²) < 4.78 is 5.34. The van der Waals surface area contributed by atoms with Gasteiger partial charge < -0.3 is 10.1 Å². The number of carbonyl (C=O) groups excluding carboxylic acids is 2. The first-order chi connectivity index (χ1) is 14.7. The predicted molar refractivity (Wildman–Crippen MR) is 122 cm³/mol. The minimum atomic E-state index is -0.314. The molecule has 0 atom stereocenters. The number of hydrogen-bond acceptors (Lipinski definition) is 6. The summed E-state index contributed by atoms with van der Waals surface area (Å²) >= 11 is 0. The number of benzene rings is 1. The average Bonchev–Trinajstić information content (AvgIpc) is 2.68. The number of nitrogens with zero attached hydrogens (tertiary/aromatic N) is 3. The molecule has 1 saturated heterocycles. The highest BCUT2D eigenvalue weighted by molar-refractivity contribution is 5.98. The monoisotopic (exact) mass is 426 g/mol. The van der Waals surface area contributed by atoms with Crippen molar-refractivity contribution in [2.45, 2.75) is 46.7 Å². The molecule has 7 nitrogen and oxygen atoms in total. The summed E-state index contributed by atoms with van der Waals surface area (Å²) in [6.45, 7) is 14.3. The maximum atomic E-state index is 12.7. The summed E-state index contributed by atoms with van der Waals surface area (Å²) in [6.07, 6.45) is 0. The zero-order valence-electron chi connectivity index (χ0n) is 19.3. The Morgan fingerprint density at radius 3 is 2.39 bits per heavy atom. The summed E-state index contributed by atoms with van der Waals surface area (Å²) in [7, 11) is 0. The molecule has 0 spiro atoms. The van der Waals surface area contributed by atoms with Crippen LogP contribution in [0.25, 0.3) is 10.9 Å². The Balaban J connectivity index is 1.71. The minimum absolute atomic E-state index is 0.0531. The molecular formula is C24H34N4O3. The second kappa shape index (κ2) is 9.75. The van der Waals surface area contributed by atoms with E-state index in [1.54, 1.807) is 0 Å². The van der Waals surface area contributed by atoms with Crippen molar-refractivity contribution in [3.05, 3.63) is 41.1 Å². The highest BCUT2D eigenvalue weighted by Gasteiger charge is 2.25. The maximum Gasteiger partial charge on any atom is 0.340 e. The molecule has 7 heteroatoms. The van der Waals surface area contributed by atoms with Crippen molar-refractivity contribution < 1.29 is 14.3 Å². The lowest BCUT2D eigenvalue weighted by Gasteiger charge is -2.35. The molecule has 0 unspecified atom stereocenters. The molecular weight excluding hydrogens is 392 g/mol. The molecule has 31 heavy (non-hydrogen) atoms. The van der Waals surface area contributed by atoms with Gasteiger partial charge in [0.15, 0.2) is 0 Å². The van der Waals surface area contributed by atoms with E-state index in [1.165, 1.54) is 0 Å². The second-order valence-corrected chi connectivity index (χ2v) is 9.15. The Morgan fingerprint density at radius 2 is 1.74 bits per heavy atom. The Labute approximate surface area is 184 Å². The van der Waals surface area contributed by atoms with Crippen LogP contribution >= 0.6 is 0 Å². The molecule has 168 valence electrons. The molecule has 1 fully saturated rings. The van der Waals surface area contributed by atoms with E-state index in [-0.39, 0.29) is 17.4 Å². The molecule has 0 aliphatic carbocycles. The number of esters is 1. The molecule has 1 amide bonds. The van der Waals surface area contributed by atoms with Gasteiger partial charge in [-0.15, -0.1) is 0 Å². The number of piperazine rings is 1. The van der Waals surface area contributed by atoms with Gasteiger partial charge in [-0.3, -0.25) is 19.6 Å². The zero-order valence-corrected chi connectivity index (χ0v) is 19.3. The van der Waals surface area contributed by atoms with Crippen molar-refractivity contribution >= 4 is 22.8 Å². The molecule has 0 bridgehead atoms. The van der Waals surface area contributed by atoms with E-state index in [4.69, 9.17) is 9.72 Å². The van der Waals surface area contributed by atoms with Crippen LogP contribution in [0.3, 0.4) is 0 Å². The fraction of sp³-hybridized carbons (Fsp3) is 0.542. The fourth-order valence-corrected chi connectivity index (χ4v) is 4.01. The van der Waals surface area contributed by atoms with Crippen LogP contribution in [0, 0.1) is 6.92 Å². The largest absolute Gasteiger partial charge is 0.462 e. The van der Waals surface area contributed by atoms with Crippen molar-refractivity contribution in [3.63, 3.8) is 0 Å². The third-order valence-corrected chi connectivity index (χ3v) is 5.43. The van der Waals surface area contributed by atoms with E-state index >= 15 is 0 Å². The van der Waals surface area contributed by atoms with E-state index in [0.717, 1.165) is 48.3 Å². The first-order valence-corrected chi connectivity index (χ1v) is 11.0. The van der Waals surface area contributed by atoms with Crippen LogP contribution in [0.15, 0.2) is 24.3 Å². The van der Waals surface area contributed by atoms with Gasteiger partial charge in [0.05, 0.1) is 29.9 Å². The highest BCUT2D eigenvalue weighted by atomic mass is 16.5. The summed E-state index contributed by atoms with van der Waals surface area (Å²) in [6, 6.07) is 7.89. The van der Waals surface area contributed by atoms with Gasteiger partial charge in [-0.2, -0.15) is 0 Å². The number of para-hydroxylation sites is 1. The lowest BCUT2D eigenvalue weighted by molar-refractivity contribution is -0.124. The third-order valence-electron chi connectivity index (χ3n) is 5.43. The Kier molecular flexibility index (Phi) is 7.28. The van der Waals surface area contributed by atoms with Gasteiger partial charge in [0.2, 0.25) is 5.91 Å². The minimum Gasteiger partial charge on any atom is -0.462 e. The van der Waals surface area contributed by atoms with E-state index < -0.39 is 0 Å². The molecule has 2 aromatic rings. The van der Waals surface area contributed by atoms with Crippen LogP contribution in [-0.2, 0) is 16.1 Å². The number of pyridine rings is 1. The van der Waals surface area contributed by atoms with Crippen LogP contribution in [0.2, 0.25) is 0 Å². The summed E-state index contributed by atoms with van der Waals surface area (Å²) in [5, 5.41) is 3.99. The molecule has 0 radical (unpaired) electrons. The number of rotatable bonds is 6. The van der Waals surface area contributed by atoms with E-state index in [1.807, 2.05) is 58.9 Å². The van der Waals surface area contributed by atoms with Crippen molar-refractivity contribution in [2.75, 3.05) is 39.3 Å². The number of hydrogen-bond donors (Lipinski definition) is 1. The van der Waals surface area contributed by atoms with Gasteiger partial charge in [-0.25, -0.2) is 4.79 Å². The quantitative estimate of drug-likeness (QED) is 0.716. The Hall–Kier alpha value is -2.51. The molecule has 1 aromatic heterocycles. The van der Waals surface area contributed by atoms with Crippen LogP contribution < -0.4 is 5.32 Å². The van der Waals surface area contributed by atoms with Gasteiger partial charge in [-0.1, -0.05) is 18.2 Å². The zero-order chi connectivity index (χ0) is 22.6. The smallest absolute Gasteiger partial charge is 0.340 e. The average molecular weight is 427 g/mol. The number of nitrogens with one attached hydrogen (secondary N) is 1. The van der Waals surface area contributed by atoms with Crippen molar-refractivity contribution in [3.8, 4) is 0 Å². The van der Waals surface area contributed by atoms with E-state index in [0.29, 0.717) is 25.3 Å². The number of fused-ring (bicyclic) bond motifs is 1. The van der Waals surface area contributed by atoms with E-state index in [2.05, 4.69) is 15.1 Å². The molecule has 1 aromatic carbocycles. The van der Waals surface area contributed by atoms with Crippen LogP contribution in [0.1, 0.15) is 49.3 Å². The summed E-state index contributed by atoms with van der Waals surface area (Å²) in [5.74, 6) is -0.261. The van der Waals surface area contributed by atoms with Crippen LogP contribution in [0.4, 0.5) is 0 Å². The van der Waals surface area contributed by atoms with Gasteiger partial charge in [0.1, 0.15) is 0 Å². The van der Waals surface area contributed by atoms with Crippen molar-refractivity contribution in [1.82, 2.24) is 20.1 Å². The number of ether oxygens (including phenoxy) is 1. The SMILES string of the molecule is CCOC(=O)c1c(CN2CCN(CC(=O)NC(C)(C)C)CC2)nc2ccccc2c1C. The lowest BCUT2D eigenvalue weighted by atomic mass is 10.0. The molecule has 1 aliphatic heterocycles. The predicted octanol–water partition coefficient (Wildman–Crippen LogP) is 2.75. The van der Waals surface area contributed by atoms with Gasteiger partial charge in [-0.05, 0) is 46.2 Å². The van der Waals surface area contributed by atoms with Crippen molar-refractivity contribution in [1.29, 1.82) is 0 Å². The van der Waals surface area contributed by atoms with Crippen LogP contribution in [-0.4, -0.2) is 71.5 Å². The van der Waals surface area contributed by atoms with Crippen molar-refractivity contribution in [2.24, 2.45) is 0 Å². The maximum absolute atomic E-state index is 12.7. The lowest BCUT2D eigenvalue weighted by Crippen LogP contribution is -2.51.